The first-order valence-electron chi connectivity index (χ1n) is 9.14. The molecule has 1 aliphatic heterocycles. The first kappa shape index (κ1) is 21.2. The van der Waals surface area contributed by atoms with E-state index in [0.29, 0.717) is 17.7 Å². The lowest BCUT2D eigenvalue weighted by Crippen LogP contribution is -2.56. The summed E-state index contributed by atoms with van der Waals surface area (Å²) in [6.07, 6.45) is 2.86. The predicted molar refractivity (Wildman–Crippen MR) is 106 cm³/mol. The molecule has 1 heterocycles. The van der Waals surface area contributed by atoms with Crippen molar-refractivity contribution < 1.29 is 14.7 Å². The number of halogens is 1. The molecule has 1 fully saturated rings. The Bertz CT molecular complexity index is 684. The minimum Gasteiger partial charge on any atom is -0.465 e. The van der Waals surface area contributed by atoms with Crippen LogP contribution in [0.4, 0.5) is 4.79 Å². The molecule has 7 heteroatoms. The summed E-state index contributed by atoms with van der Waals surface area (Å²) in [7, 11) is 1.88. The summed E-state index contributed by atoms with van der Waals surface area (Å²) in [5, 5.41) is 13.3. The van der Waals surface area contributed by atoms with Gasteiger partial charge in [0.1, 0.15) is 6.29 Å². The topological polar surface area (TPSA) is 72.9 Å². The van der Waals surface area contributed by atoms with Crippen LogP contribution in [0.15, 0.2) is 24.3 Å². The van der Waals surface area contributed by atoms with Gasteiger partial charge in [0.15, 0.2) is 0 Å². The maximum absolute atomic E-state index is 11.4. The van der Waals surface area contributed by atoms with E-state index in [9.17, 15) is 14.7 Å². The molecule has 2 N–H and O–H groups in total. The Morgan fingerprint density at radius 2 is 2.19 bits per heavy atom. The van der Waals surface area contributed by atoms with Crippen LogP contribution in [0.5, 0.6) is 0 Å². The van der Waals surface area contributed by atoms with Crippen molar-refractivity contribution in [1.82, 2.24) is 15.1 Å². The third kappa shape index (κ3) is 6.55. The molecule has 146 valence electrons. The smallest absolute Gasteiger partial charge is 0.407 e. The highest BCUT2D eigenvalue weighted by molar-refractivity contribution is 6.30. The molecule has 0 aromatic heterocycles. The summed E-state index contributed by atoms with van der Waals surface area (Å²) in [6, 6.07) is 7.34. The van der Waals surface area contributed by atoms with E-state index in [2.05, 4.69) is 22.1 Å². The summed E-state index contributed by atoms with van der Waals surface area (Å²) in [5.41, 5.74) is 0.956. The number of amides is 1. The Labute approximate surface area is 165 Å². The van der Waals surface area contributed by atoms with Crippen molar-refractivity contribution in [2.24, 2.45) is 0 Å². The minimum atomic E-state index is -1.03. The van der Waals surface area contributed by atoms with Crippen LogP contribution in [0.25, 0.3) is 0 Å². The number of unbranched alkanes of at least 4 members (excludes halogenated alkanes) is 1. The van der Waals surface area contributed by atoms with Crippen molar-refractivity contribution in [2.45, 2.75) is 37.9 Å². The van der Waals surface area contributed by atoms with Gasteiger partial charge < -0.3 is 15.2 Å². The number of carboxylic acid groups (broad SMARTS) is 1. The number of piperidine rings is 1. The quantitative estimate of drug-likeness (QED) is 0.424. The van der Waals surface area contributed by atoms with Crippen LogP contribution in [0.3, 0.4) is 0 Å². The van der Waals surface area contributed by atoms with Gasteiger partial charge in [-0.1, -0.05) is 23.4 Å². The highest BCUT2D eigenvalue weighted by Crippen LogP contribution is 2.21. The molecule has 1 aromatic rings. The van der Waals surface area contributed by atoms with E-state index in [1.807, 2.05) is 31.3 Å². The standard InChI is InChI=1S/C20H26ClN3O3/c1-22-19-15-18(24(13-14-25)20(26)27)10-12-23(19)11-4-2-3-5-16-6-8-17(21)9-7-16/h6-9,14,18-19,22H,2,4,10-13,15H2,1H3,(H,26,27). The van der Waals surface area contributed by atoms with Gasteiger partial charge in [0, 0.05) is 36.1 Å². The van der Waals surface area contributed by atoms with Crippen molar-refractivity contribution in [3.05, 3.63) is 34.9 Å². The summed E-state index contributed by atoms with van der Waals surface area (Å²) in [6.45, 7) is 1.62. The van der Waals surface area contributed by atoms with Gasteiger partial charge in [-0.2, -0.15) is 0 Å². The SMILES string of the molecule is CNC1CC(N(CC=O)C(=O)O)CCN1CCCC#Cc1ccc(Cl)cc1. The number of nitrogens with one attached hydrogen (secondary N) is 1. The molecule has 2 rings (SSSR count). The normalized spacial score (nSPS) is 19.8. The summed E-state index contributed by atoms with van der Waals surface area (Å²) in [4.78, 5) is 25.7. The summed E-state index contributed by atoms with van der Waals surface area (Å²) < 4.78 is 0. The van der Waals surface area contributed by atoms with Crippen LogP contribution in [-0.2, 0) is 4.79 Å². The van der Waals surface area contributed by atoms with E-state index in [1.165, 1.54) is 4.90 Å². The molecule has 27 heavy (non-hydrogen) atoms. The van der Waals surface area contributed by atoms with Gasteiger partial charge >= 0.3 is 6.09 Å². The van der Waals surface area contributed by atoms with Crippen molar-refractivity contribution in [2.75, 3.05) is 26.7 Å². The highest BCUT2D eigenvalue weighted by Gasteiger charge is 2.32. The van der Waals surface area contributed by atoms with Gasteiger partial charge in [0.25, 0.3) is 0 Å². The van der Waals surface area contributed by atoms with E-state index in [4.69, 9.17) is 11.6 Å². The molecule has 0 aliphatic carbocycles. The molecule has 6 nitrogen and oxygen atoms in total. The Kier molecular flexibility index (Phi) is 8.59. The van der Waals surface area contributed by atoms with Crippen molar-refractivity contribution in [1.29, 1.82) is 0 Å². The van der Waals surface area contributed by atoms with Crippen molar-refractivity contribution in [3.63, 3.8) is 0 Å². The van der Waals surface area contributed by atoms with Crippen LogP contribution in [0, 0.1) is 11.8 Å². The van der Waals surface area contributed by atoms with Crippen molar-refractivity contribution >= 4 is 24.0 Å². The Morgan fingerprint density at radius 1 is 1.44 bits per heavy atom. The molecule has 0 saturated carbocycles. The summed E-state index contributed by atoms with van der Waals surface area (Å²) >= 11 is 5.86. The number of hydrogen-bond acceptors (Lipinski definition) is 4. The Balaban J connectivity index is 1.81. The third-order valence-electron chi connectivity index (χ3n) is 4.80. The number of benzene rings is 1. The monoisotopic (exact) mass is 391 g/mol. The average molecular weight is 392 g/mol. The molecular weight excluding hydrogens is 366 g/mol. The number of carbonyl (C=O) groups is 2. The molecule has 1 amide bonds. The fraction of sp³-hybridized carbons (Fsp3) is 0.500. The molecule has 0 radical (unpaired) electrons. The van der Waals surface area contributed by atoms with Crippen LogP contribution < -0.4 is 5.32 Å². The maximum Gasteiger partial charge on any atom is 0.407 e. The second-order valence-corrected chi connectivity index (χ2v) is 6.97. The molecule has 0 bridgehead atoms. The summed E-state index contributed by atoms with van der Waals surface area (Å²) in [5.74, 6) is 6.32. The largest absolute Gasteiger partial charge is 0.465 e. The van der Waals surface area contributed by atoms with Gasteiger partial charge in [-0.25, -0.2) is 4.79 Å². The molecule has 0 spiro atoms. The first-order valence-corrected chi connectivity index (χ1v) is 9.52. The van der Waals surface area contributed by atoms with E-state index >= 15 is 0 Å². The van der Waals surface area contributed by atoms with Crippen molar-refractivity contribution in [3.8, 4) is 11.8 Å². The van der Waals surface area contributed by atoms with Crippen LogP contribution in [-0.4, -0.2) is 66.2 Å². The molecule has 2 unspecified atom stereocenters. The Morgan fingerprint density at radius 3 is 2.81 bits per heavy atom. The van der Waals surface area contributed by atoms with Crippen LogP contribution in [0.1, 0.15) is 31.2 Å². The molecule has 1 aromatic carbocycles. The second kappa shape index (κ2) is 10.9. The van der Waals surface area contributed by atoms with E-state index < -0.39 is 6.09 Å². The predicted octanol–water partition coefficient (Wildman–Crippen LogP) is 2.66. The minimum absolute atomic E-state index is 0.0727. The number of nitrogens with zero attached hydrogens (tertiary/aromatic N) is 2. The zero-order valence-corrected chi connectivity index (χ0v) is 16.3. The fourth-order valence-electron chi connectivity index (χ4n) is 3.38. The van der Waals surface area contributed by atoms with Gasteiger partial charge in [-0.3, -0.25) is 9.80 Å². The Hall–Kier alpha value is -2.07. The zero-order chi connectivity index (χ0) is 19.6. The number of rotatable bonds is 7. The lowest BCUT2D eigenvalue weighted by molar-refractivity contribution is -0.109. The molecular formula is C20H26ClN3O3. The van der Waals surface area contributed by atoms with E-state index in [1.54, 1.807) is 0 Å². The average Bonchev–Trinajstić information content (AvgIpc) is 2.67. The molecule has 1 aliphatic rings. The first-order chi connectivity index (χ1) is 13.0. The van der Waals surface area contributed by atoms with Gasteiger partial charge in [-0.15, -0.1) is 0 Å². The lowest BCUT2D eigenvalue weighted by atomic mass is 10.00. The number of aldehydes is 1. The zero-order valence-electron chi connectivity index (χ0n) is 15.5. The molecule has 2 atom stereocenters. The van der Waals surface area contributed by atoms with Crippen LogP contribution in [0.2, 0.25) is 5.02 Å². The van der Waals surface area contributed by atoms with E-state index in [-0.39, 0.29) is 18.8 Å². The number of hydrogen-bond donors (Lipinski definition) is 2. The maximum atomic E-state index is 11.4. The second-order valence-electron chi connectivity index (χ2n) is 6.53. The van der Waals surface area contributed by atoms with Gasteiger partial charge in [0.05, 0.1) is 12.7 Å². The third-order valence-corrected chi connectivity index (χ3v) is 5.05. The van der Waals surface area contributed by atoms with E-state index in [0.717, 1.165) is 37.9 Å². The van der Waals surface area contributed by atoms with Gasteiger partial charge in [0.2, 0.25) is 0 Å². The number of carbonyl (C=O) groups excluding carboxylic acids is 1. The van der Waals surface area contributed by atoms with Gasteiger partial charge in [-0.05, 0) is 50.6 Å². The fourth-order valence-corrected chi connectivity index (χ4v) is 3.50. The highest BCUT2D eigenvalue weighted by atomic mass is 35.5. The molecule has 1 saturated heterocycles. The lowest BCUT2D eigenvalue weighted by Gasteiger charge is -2.42. The number of likely N-dealkylation sites (tertiary alicyclic amines) is 1. The van der Waals surface area contributed by atoms with Crippen LogP contribution >= 0.6 is 11.6 Å².